The summed E-state index contributed by atoms with van der Waals surface area (Å²) in [6.45, 7) is 0. The zero-order valence-electron chi connectivity index (χ0n) is 9.79. The van der Waals surface area contributed by atoms with E-state index in [9.17, 15) is 0 Å². The molecule has 0 N–H and O–H groups in total. The maximum absolute atomic E-state index is 6.21. The molecule has 2 aromatic carbocycles. The Labute approximate surface area is 120 Å². The molecule has 3 aromatic rings. The van der Waals surface area contributed by atoms with Gasteiger partial charge in [0.05, 0.1) is 10.7 Å². The first-order valence-electron chi connectivity index (χ1n) is 5.68. The molecule has 5 heteroatoms. The summed E-state index contributed by atoms with van der Waals surface area (Å²) in [6.07, 6.45) is 0. The molecule has 3 nitrogen and oxygen atoms in total. The molecule has 0 radical (unpaired) electrons. The van der Waals surface area contributed by atoms with Crippen LogP contribution in [0.5, 0.6) is 0 Å². The van der Waals surface area contributed by atoms with Crippen molar-refractivity contribution in [1.82, 2.24) is 14.8 Å². The van der Waals surface area contributed by atoms with Gasteiger partial charge in [-0.15, -0.1) is 10.2 Å². The fraction of sp³-hybridized carbons (Fsp3) is 0. The first kappa shape index (κ1) is 12.2. The van der Waals surface area contributed by atoms with Gasteiger partial charge in [-0.1, -0.05) is 54.1 Å². The first-order valence-corrected chi connectivity index (χ1v) is 6.44. The van der Waals surface area contributed by atoms with Crippen molar-refractivity contribution >= 4 is 23.2 Å². The van der Waals surface area contributed by atoms with Crippen LogP contribution in [-0.2, 0) is 0 Å². The summed E-state index contributed by atoms with van der Waals surface area (Å²) < 4.78 is 1.74. The van der Waals surface area contributed by atoms with Crippen LogP contribution in [0.3, 0.4) is 0 Å². The van der Waals surface area contributed by atoms with Gasteiger partial charge in [0, 0.05) is 5.56 Å². The van der Waals surface area contributed by atoms with Crippen molar-refractivity contribution in [2.24, 2.45) is 0 Å². The zero-order chi connectivity index (χ0) is 13.2. The molecule has 0 aliphatic carbocycles. The minimum Gasteiger partial charge on any atom is -0.264 e. The van der Waals surface area contributed by atoms with E-state index in [4.69, 9.17) is 23.2 Å². The van der Waals surface area contributed by atoms with E-state index in [0.717, 1.165) is 11.3 Å². The Morgan fingerprint density at radius 1 is 0.789 bits per heavy atom. The Bertz CT molecular complexity index is 708. The highest BCUT2D eigenvalue weighted by Gasteiger charge is 2.15. The molecule has 0 amide bonds. The maximum Gasteiger partial charge on any atom is 0.229 e. The van der Waals surface area contributed by atoms with E-state index in [1.54, 1.807) is 4.57 Å². The van der Waals surface area contributed by atoms with Gasteiger partial charge in [0.25, 0.3) is 0 Å². The van der Waals surface area contributed by atoms with E-state index in [0.29, 0.717) is 10.8 Å². The molecule has 19 heavy (non-hydrogen) atoms. The second-order valence-electron chi connectivity index (χ2n) is 3.95. The molecular weight excluding hydrogens is 281 g/mol. The topological polar surface area (TPSA) is 30.7 Å². The molecule has 94 valence electrons. The molecule has 0 bridgehead atoms. The van der Waals surface area contributed by atoms with Crippen molar-refractivity contribution in [3.8, 4) is 17.1 Å². The van der Waals surface area contributed by atoms with Gasteiger partial charge in [0.2, 0.25) is 5.28 Å². The summed E-state index contributed by atoms with van der Waals surface area (Å²) in [5.41, 5.74) is 1.69. The third-order valence-corrected chi connectivity index (χ3v) is 3.31. The van der Waals surface area contributed by atoms with Gasteiger partial charge in [-0.2, -0.15) is 0 Å². The Kier molecular flexibility index (Phi) is 3.23. The standard InChI is InChI=1S/C14H9Cl2N3/c15-11-8-4-5-9-12(11)19-13(17-18-14(19)16)10-6-2-1-3-7-10/h1-9H. The van der Waals surface area contributed by atoms with Gasteiger partial charge in [0.15, 0.2) is 5.82 Å². The van der Waals surface area contributed by atoms with Gasteiger partial charge >= 0.3 is 0 Å². The number of hydrogen-bond acceptors (Lipinski definition) is 2. The van der Waals surface area contributed by atoms with E-state index in [1.165, 1.54) is 0 Å². The molecule has 1 aromatic heterocycles. The minimum absolute atomic E-state index is 0.284. The first-order chi connectivity index (χ1) is 9.27. The normalized spacial score (nSPS) is 10.6. The summed E-state index contributed by atoms with van der Waals surface area (Å²) in [4.78, 5) is 0. The number of halogens is 2. The van der Waals surface area contributed by atoms with E-state index >= 15 is 0 Å². The lowest BCUT2D eigenvalue weighted by molar-refractivity contribution is 1.06. The summed E-state index contributed by atoms with van der Waals surface area (Å²) in [7, 11) is 0. The molecule has 0 spiro atoms. The molecule has 0 fully saturated rings. The van der Waals surface area contributed by atoms with Crippen molar-refractivity contribution in [1.29, 1.82) is 0 Å². The average Bonchev–Trinajstić information content (AvgIpc) is 2.82. The van der Waals surface area contributed by atoms with Crippen LogP contribution in [-0.4, -0.2) is 14.8 Å². The number of benzene rings is 2. The molecule has 1 heterocycles. The van der Waals surface area contributed by atoms with Crippen LogP contribution in [0.25, 0.3) is 17.1 Å². The monoisotopic (exact) mass is 289 g/mol. The summed E-state index contributed by atoms with van der Waals surface area (Å²) in [6, 6.07) is 17.2. The second kappa shape index (κ2) is 5.03. The fourth-order valence-corrected chi connectivity index (χ4v) is 2.32. The van der Waals surface area contributed by atoms with E-state index < -0.39 is 0 Å². The molecule has 0 saturated carbocycles. The number of hydrogen-bond donors (Lipinski definition) is 0. The van der Waals surface area contributed by atoms with Crippen molar-refractivity contribution in [2.45, 2.75) is 0 Å². The number of aromatic nitrogens is 3. The predicted molar refractivity (Wildman–Crippen MR) is 76.8 cm³/mol. The predicted octanol–water partition coefficient (Wildman–Crippen LogP) is 4.24. The van der Waals surface area contributed by atoms with Crippen LogP contribution in [0, 0.1) is 0 Å². The molecular formula is C14H9Cl2N3. The van der Waals surface area contributed by atoms with Gasteiger partial charge in [-0.05, 0) is 23.7 Å². The van der Waals surface area contributed by atoms with Gasteiger partial charge < -0.3 is 0 Å². The van der Waals surface area contributed by atoms with Crippen LogP contribution >= 0.6 is 23.2 Å². The Morgan fingerprint density at radius 3 is 2.21 bits per heavy atom. The van der Waals surface area contributed by atoms with E-state index in [1.807, 2.05) is 54.6 Å². The Hall–Kier alpha value is -1.84. The highest BCUT2D eigenvalue weighted by Crippen LogP contribution is 2.28. The smallest absolute Gasteiger partial charge is 0.229 e. The third kappa shape index (κ3) is 2.23. The minimum atomic E-state index is 0.284. The van der Waals surface area contributed by atoms with E-state index in [-0.39, 0.29) is 5.28 Å². The highest BCUT2D eigenvalue weighted by molar-refractivity contribution is 6.33. The lowest BCUT2D eigenvalue weighted by Crippen LogP contribution is -1.98. The van der Waals surface area contributed by atoms with E-state index in [2.05, 4.69) is 10.2 Å². The van der Waals surface area contributed by atoms with Crippen LogP contribution < -0.4 is 0 Å². The lowest BCUT2D eigenvalue weighted by atomic mass is 10.2. The molecule has 0 saturated heterocycles. The Morgan fingerprint density at radius 2 is 1.47 bits per heavy atom. The summed E-state index contributed by atoms with van der Waals surface area (Å²) >= 11 is 12.3. The fourth-order valence-electron chi connectivity index (χ4n) is 1.89. The molecule has 0 unspecified atom stereocenters. The van der Waals surface area contributed by atoms with Crippen molar-refractivity contribution < 1.29 is 0 Å². The van der Waals surface area contributed by atoms with Gasteiger partial charge in [-0.3, -0.25) is 4.57 Å². The highest BCUT2D eigenvalue weighted by atomic mass is 35.5. The van der Waals surface area contributed by atoms with Crippen LogP contribution in [0.2, 0.25) is 10.3 Å². The van der Waals surface area contributed by atoms with Crippen molar-refractivity contribution in [3.05, 3.63) is 64.9 Å². The SMILES string of the molecule is Clc1ccccc1-n1c(Cl)nnc1-c1ccccc1. The lowest BCUT2D eigenvalue weighted by Gasteiger charge is -2.09. The van der Waals surface area contributed by atoms with Crippen LogP contribution in [0.1, 0.15) is 0 Å². The number of para-hydroxylation sites is 1. The quantitative estimate of drug-likeness (QED) is 0.706. The molecule has 3 rings (SSSR count). The van der Waals surface area contributed by atoms with Gasteiger partial charge in [0.1, 0.15) is 0 Å². The maximum atomic E-state index is 6.21. The second-order valence-corrected chi connectivity index (χ2v) is 4.69. The Balaban J connectivity index is 2.23. The zero-order valence-corrected chi connectivity index (χ0v) is 11.3. The van der Waals surface area contributed by atoms with Crippen molar-refractivity contribution in [3.63, 3.8) is 0 Å². The average molecular weight is 290 g/mol. The van der Waals surface area contributed by atoms with Crippen LogP contribution in [0.4, 0.5) is 0 Å². The van der Waals surface area contributed by atoms with Gasteiger partial charge in [-0.25, -0.2) is 0 Å². The molecule has 0 aliphatic heterocycles. The summed E-state index contributed by atoms with van der Waals surface area (Å²) in [5.74, 6) is 0.665. The number of nitrogens with zero attached hydrogens (tertiary/aromatic N) is 3. The molecule has 0 atom stereocenters. The van der Waals surface area contributed by atoms with Crippen molar-refractivity contribution in [2.75, 3.05) is 0 Å². The number of rotatable bonds is 2. The molecule has 0 aliphatic rings. The van der Waals surface area contributed by atoms with Crippen LogP contribution in [0.15, 0.2) is 54.6 Å². The largest absolute Gasteiger partial charge is 0.264 e. The third-order valence-electron chi connectivity index (χ3n) is 2.75. The summed E-state index contributed by atoms with van der Waals surface area (Å²) in [5, 5.41) is 8.94.